The number of halogens is 2. The highest BCUT2D eigenvalue weighted by atomic mass is 19.1. The third kappa shape index (κ3) is 4.57. The van der Waals surface area contributed by atoms with E-state index in [9.17, 15) is 18.4 Å². The molecule has 0 radical (unpaired) electrons. The molecular formula is C26H24F2N4O3. The average molecular weight is 478 g/mol. The van der Waals surface area contributed by atoms with Crippen molar-refractivity contribution >= 4 is 22.6 Å². The fourth-order valence-electron chi connectivity index (χ4n) is 3.99. The number of carbonyl (C=O) groups excluding carboxylic acids is 1. The van der Waals surface area contributed by atoms with Gasteiger partial charge in [0.05, 0.1) is 35.4 Å². The Balaban J connectivity index is 1.84. The first-order chi connectivity index (χ1) is 16.8. The largest absolute Gasteiger partial charge is 0.495 e. The predicted molar refractivity (Wildman–Crippen MR) is 130 cm³/mol. The lowest BCUT2D eigenvalue weighted by Gasteiger charge is -2.29. The highest BCUT2D eigenvalue weighted by Crippen LogP contribution is 2.29. The predicted octanol–water partition coefficient (Wildman–Crippen LogP) is 5.29. The van der Waals surface area contributed by atoms with Crippen molar-refractivity contribution in [3.05, 3.63) is 94.5 Å². The lowest BCUT2D eigenvalue weighted by Crippen LogP contribution is -2.38. The number of hydrogen-bond acceptors (Lipinski definition) is 4. The van der Waals surface area contributed by atoms with Crippen LogP contribution in [0.3, 0.4) is 0 Å². The number of anilines is 1. The van der Waals surface area contributed by atoms with Crippen molar-refractivity contribution in [2.45, 2.75) is 19.4 Å². The van der Waals surface area contributed by atoms with Crippen LogP contribution < -0.4 is 15.6 Å². The molecule has 7 nitrogen and oxygen atoms in total. The summed E-state index contributed by atoms with van der Waals surface area (Å²) < 4.78 is 34.3. The van der Waals surface area contributed by atoms with Crippen LogP contribution >= 0.6 is 0 Å². The quantitative estimate of drug-likeness (QED) is 0.409. The Hall–Kier alpha value is -4.27. The van der Waals surface area contributed by atoms with Crippen molar-refractivity contribution in [2.24, 2.45) is 0 Å². The van der Waals surface area contributed by atoms with Crippen molar-refractivity contribution in [2.75, 3.05) is 19.5 Å². The minimum absolute atomic E-state index is 0.160. The van der Waals surface area contributed by atoms with Gasteiger partial charge >= 0.3 is 6.03 Å². The Labute approximate surface area is 200 Å². The maximum Gasteiger partial charge on any atom is 0.322 e. The van der Waals surface area contributed by atoms with Gasteiger partial charge in [0.25, 0.3) is 5.56 Å². The van der Waals surface area contributed by atoms with Crippen molar-refractivity contribution < 1.29 is 18.3 Å². The minimum Gasteiger partial charge on any atom is -0.495 e. The first kappa shape index (κ1) is 23.9. The van der Waals surface area contributed by atoms with Crippen LogP contribution in [-0.4, -0.2) is 34.6 Å². The highest BCUT2D eigenvalue weighted by molar-refractivity contribution is 5.89. The van der Waals surface area contributed by atoms with Gasteiger partial charge < -0.3 is 15.0 Å². The molecule has 4 rings (SSSR count). The fourth-order valence-corrected chi connectivity index (χ4v) is 3.99. The number of hydrogen-bond donors (Lipinski definition) is 1. The molecule has 0 aliphatic heterocycles. The number of benzene rings is 3. The zero-order chi connectivity index (χ0) is 25.1. The summed E-state index contributed by atoms with van der Waals surface area (Å²) in [7, 11) is 3.03. The lowest BCUT2D eigenvalue weighted by molar-refractivity contribution is 0.198. The molecule has 35 heavy (non-hydrogen) atoms. The minimum atomic E-state index is -0.894. The second kappa shape index (κ2) is 9.92. The normalized spacial score (nSPS) is 11.8. The molecule has 0 saturated heterocycles. The van der Waals surface area contributed by atoms with Crippen LogP contribution in [0.1, 0.15) is 25.2 Å². The van der Waals surface area contributed by atoms with Crippen molar-refractivity contribution in [3.63, 3.8) is 0 Å². The maximum atomic E-state index is 14.1. The number of nitrogens with one attached hydrogen (secondary N) is 1. The Bertz CT molecular complexity index is 1450. The molecule has 0 aliphatic carbocycles. The van der Waals surface area contributed by atoms with Gasteiger partial charge in [-0.05, 0) is 42.8 Å². The number of nitrogens with zero attached hydrogens (tertiary/aromatic N) is 3. The molecule has 0 spiro atoms. The summed E-state index contributed by atoms with van der Waals surface area (Å²) in [6.45, 7) is 1.85. The molecule has 0 bridgehead atoms. The standard InChI is InChI=1S/C26H24F2N4O3/c1-4-21(31(2)26(34)30-20-14-13-16(27)15-18(20)28)24-29-19-10-6-5-9-17(19)25(33)32(24)22-11-7-8-12-23(22)35-3/h5-15,21H,4H2,1-3H3,(H,30,34). The van der Waals surface area contributed by atoms with E-state index < -0.39 is 23.7 Å². The molecule has 9 heteroatoms. The monoisotopic (exact) mass is 478 g/mol. The average Bonchev–Trinajstić information content (AvgIpc) is 2.86. The van der Waals surface area contributed by atoms with Gasteiger partial charge in [0.1, 0.15) is 23.2 Å². The number of ether oxygens (including phenoxy) is 1. The number of carbonyl (C=O) groups is 1. The van der Waals surface area contributed by atoms with Gasteiger partial charge in [-0.3, -0.25) is 9.36 Å². The van der Waals surface area contributed by atoms with Crippen LogP contribution in [-0.2, 0) is 0 Å². The van der Waals surface area contributed by atoms with Crippen molar-refractivity contribution in [1.29, 1.82) is 0 Å². The molecule has 1 N–H and O–H groups in total. The summed E-state index contributed by atoms with van der Waals surface area (Å²) in [4.78, 5) is 32.8. The van der Waals surface area contributed by atoms with E-state index in [1.54, 1.807) is 48.5 Å². The van der Waals surface area contributed by atoms with Gasteiger partial charge in [-0.1, -0.05) is 31.2 Å². The number of urea groups is 1. The molecule has 4 aromatic rings. The molecule has 0 saturated carbocycles. The van der Waals surface area contributed by atoms with E-state index in [1.807, 2.05) is 6.92 Å². The lowest BCUT2D eigenvalue weighted by atomic mass is 10.1. The number of rotatable bonds is 6. The Morgan fingerprint density at radius 2 is 1.83 bits per heavy atom. The smallest absolute Gasteiger partial charge is 0.322 e. The zero-order valence-corrected chi connectivity index (χ0v) is 19.5. The van der Waals surface area contributed by atoms with Crippen LogP contribution in [0.25, 0.3) is 16.6 Å². The Kier molecular flexibility index (Phi) is 6.77. The topological polar surface area (TPSA) is 76.5 Å². The van der Waals surface area contributed by atoms with E-state index in [4.69, 9.17) is 9.72 Å². The first-order valence-corrected chi connectivity index (χ1v) is 11.0. The van der Waals surface area contributed by atoms with Crippen molar-refractivity contribution in [1.82, 2.24) is 14.5 Å². The van der Waals surface area contributed by atoms with Gasteiger partial charge in [-0.15, -0.1) is 0 Å². The second-order valence-electron chi connectivity index (χ2n) is 7.89. The molecule has 0 aliphatic rings. The fraction of sp³-hybridized carbons (Fsp3) is 0.192. The number of fused-ring (bicyclic) bond motifs is 1. The van der Waals surface area contributed by atoms with E-state index >= 15 is 0 Å². The Morgan fingerprint density at radius 3 is 2.54 bits per heavy atom. The summed E-state index contributed by atoms with van der Waals surface area (Å²) in [5, 5.41) is 2.88. The second-order valence-corrected chi connectivity index (χ2v) is 7.89. The molecule has 1 aromatic heterocycles. The highest BCUT2D eigenvalue weighted by Gasteiger charge is 2.28. The molecule has 3 aromatic carbocycles. The van der Waals surface area contributed by atoms with Crippen LogP contribution in [0.4, 0.5) is 19.3 Å². The molecule has 0 fully saturated rings. The van der Waals surface area contributed by atoms with Crippen LogP contribution in [0.2, 0.25) is 0 Å². The molecule has 2 amide bonds. The van der Waals surface area contributed by atoms with E-state index in [-0.39, 0.29) is 11.2 Å². The molecule has 1 heterocycles. The molecule has 1 atom stereocenters. The maximum absolute atomic E-state index is 14.1. The van der Waals surface area contributed by atoms with E-state index in [2.05, 4.69) is 5.32 Å². The van der Waals surface area contributed by atoms with Gasteiger partial charge in [-0.25, -0.2) is 18.6 Å². The summed E-state index contributed by atoms with van der Waals surface area (Å²) in [5.41, 5.74) is 0.485. The van der Waals surface area contributed by atoms with Crippen molar-refractivity contribution in [3.8, 4) is 11.4 Å². The van der Waals surface area contributed by atoms with Gasteiger partial charge in [-0.2, -0.15) is 0 Å². The molecule has 1 unspecified atom stereocenters. The number of aromatic nitrogens is 2. The van der Waals surface area contributed by atoms with E-state index in [1.165, 1.54) is 23.6 Å². The summed E-state index contributed by atoms with van der Waals surface area (Å²) in [6, 6.07) is 15.6. The van der Waals surface area contributed by atoms with E-state index in [0.29, 0.717) is 40.7 Å². The van der Waals surface area contributed by atoms with Crippen LogP contribution in [0.5, 0.6) is 5.75 Å². The molecule has 180 valence electrons. The number of para-hydroxylation sites is 3. The summed E-state index contributed by atoms with van der Waals surface area (Å²) in [5.74, 6) is -0.864. The van der Waals surface area contributed by atoms with Gasteiger partial charge in [0.2, 0.25) is 0 Å². The van der Waals surface area contributed by atoms with Gasteiger partial charge in [0.15, 0.2) is 0 Å². The number of methoxy groups -OCH3 is 1. The summed E-state index contributed by atoms with van der Waals surface area (Å²) >= 11 is 0. The van der Waals surface area contributed by atoms with E-state index in [0.717, 1.165) is 12.1 Å². The first-order valence-electron chi connectivity index (χ1n) is 11.0. The Morgan fingerprint density at radius 1 is 1.11 bits per heavy atom. The van der Waals surface area contributed by atoms with Crippen LogP contribution in [0.15, 0.2) is 71.5 Å². The number of amides is 2. The zero-order valence-electron chi connectivity index (χ0n) is 19.5. The van der Waals surface area contributed by atoms with Gasteiger partial charge in [0, 0.05) is 13.1 Å². The SMILES string of the molecule is CCC(c1nc2ccccc2c(=O)n1-c1ccccc1OC)N(C)C(=O)Nc1ccc(F)cc1F. The molecular weight excluding hydrogens is 454 g/mol. The summed E-state index contributed by atoms with van der Waals surface area (Å²) in [6.07, 6.45) is 0.399. The third-order valence-corrected chi connectivity index (χ3v) is 5.77. The van der Waals surface area contributed by atoms with Crippen LogP contribution in [0, 0.1) is 11.6 Å². The third-order valence-electron chi connectivity index (χ3n) is 5.77.